The standard InChI is InChI=1S/C15H26N4O2/c1-4-21-15(20)13-7-5-6-8-18(13)10-14-16-11-17-19(14)9-12(2)3/h11-13H,4-10H2,1-3H3. The summed E-state index contributed by atoms with van der Waals surface area (Å²) in [5.41, 5.74) is 0. The van der Waals surface area contributed by atoms with Crippen LogP contribution in [-0.4, -0.2) is 44.8 Å². The van der Waals surface area contributed by atoms with E-state index in [0.717, 1.165) is 38.2 Å². The molecule has 1 saturated heterocycles. The molecule has 0 radical (unpaired) electrons. The molecule has 0 aliphatic carbocycles. The first kappa shape index (κ1) is 15.9. The van der Waals surface area contributed by atoms with E-state index in [1.807, 2.05) is 11.6 Å². The predicted octanol–water partition coefficient (Wildman–Crippen LogP) is 1.85. The average molecular weight is 294 g/mol. The highest BCUT2D eigenvalue weighted by atomic mass is 16.5. The highest BCUT2D eigenvalue weighted by Crippen LogP contribution is 2.20. The highest BCUT2D eigenvalue weighted by Gasteiger charge is 2.30. The Morgan fingerprint density at radius 3 is 3.00 bits per heavy atom. The van der Waals surface area contributed by atoms with Crippen molar-refractivity contribution in [2.45, 2.75) is 59.2 Å². The van der Waals surface area contributed by atoms with Crippen LogP contribution >= 0.6 is 0 Å². The van der Waals surface area contributed by atoms with E-state index in [9.17, 15) is 4.79 Å². The van der Waals surface area contributed by atoms with Crippen LogP contribution in [0.3, 0.4) is 0 Å². The van der Waals surface area contributed by atoms with Crippen LogP contribution in [0.5, 0.6) is 0 Å². The van der Waals surface area contributed by atoms with Crippen molar-refractivity contribution < 1.29 is 9.53 Å². The molecule has 1 fully saturated rings. The number of esters is 1. The van der Waals surface area contributed by atoms with Crippen molar-refractivity contribution in [3.63, 3.8) is 0 Å². The fourth-order valence-corrected chi connectivity index (χ4v) is 2.78. The third-order valence-corrected chi connectivity index (χ3v) is 3.75. The Balaban J connectivity index is 2.05. The van der Waals surface area contributed by atoms with Gasteiger partial charge in [-0.2, -0.15) is 5.10 Å². The molecule has 1 aliphatic rings. The maximum Gasteiger partial charge on any atom is 0.323 e. The van der Waals surface area contributed by atoms with Gasteiger partial charge in [0.15, 0.2) is 0 Å². The van der Waals surface area contributed by atoms with E-state index in [4.69, 9.17) is 4.74 Å². The Bertz CT molecular complexity index is 458. The van der Waals surface area contributed by atoms with Gasteiger partial charge >= 0.3 is 5.97 Å². The lowest BCUT2D eigenvalue weighted by Gasteiger charge is -2.33. The van der Waals surface area contributed by atoms with E-state index in [-0.39, 0.29) is 12.0 Å². The number of likely N-dealkylation sites (tertiary alicyclic amines) is 1. The summed E-state index contributed by atoms with van der Waals surface area (Å²) in [5.74, 6) is 1.35. The van der Waals surface area contributed by atoms with Crippen molar-refractivity contribution in [1.82, 2.24) is 19.7 Å². The highest BCUT2D eigenvalue weighted by molar-refractivity contribution is 5.75. The summed E-state index contributed by atoms with van der Waals surface area (Å²) in [6, 6.07) is -0.136. The smallest absolute Gasteiger partial charge is 0.323 e. The molecule has 2 heterocycles. The van der Waals surface area contributed by atoms with Crippen molar-refractivity contribution in [2.75, 3.05) is 13.2 Å². The molecule has 1 unspecified atom stereocenters. The Morgan fingerprint density at radius 2 is 2.29 bits per heavy atom. The summed E-state index contributed by atoms with van der Waals surface area (Å²) in [7, 11) is 0. The monoisotopic (exact) mass is 294 g/mol. The zero-order valence-corrected chi connectivity index (χ0v) is 13.3. The first-order chi connectivity index (χ1) is 10.1. The van der Waals surface area contributed by atoms with E-state index in [1.54, 1.807) is 6.33 Å². The van der Waals surface area contributed by atoms with Crippen molar-refractivity contribution in [1.29, 1.82) is 0 Å². The summed E-state index contributed by atoms with van der Waals surface area (Å²) in [5, 5.41) is 4.29. The van der Waals surface area contributed by atoms with Gasteiger partial charge in [0.05, 0.1) is 13.2 Å². The second-order valence-electron chi connectivity index (χ2n) is 5.99. The quantitative estimate of drug-likeness (QED) is 0.749. The van der Waals surface area contributed by atoms with Crippen molar-refractivity contribution in [2.24, 2.45) is 5.92 Å². The molecule has 1 atom stereocenters. The van der Waals surface area contributed by atoms with E-state index in [0.29, 0.717) is 19.1 Å². The second-order valence-corrected chi connectivity index (χ2v) is 5.99. The van der Waals surface area contributed by atoms with Crippen LogP contribution in [-0.2, 0) is 22.6 Å². The SMILES string of the molecule is CCOC(=O)C1CCCCN1Cc1ncnn1CC(C)C. The minimum atomic E-state index is -0.136. The van der Waals surface area contributed by atoms with Crippen LogP contribution in [0.1, 0.15) is 45.9 Å². The Morgan fingerprint density at radius 1 is 1.48 bits per heavy atom. The van der Waals surface area contributed by atoms with E-state index in [1.165, 1.54) is 0 Å². The second kappa shape index (κ2) is 7.54. The van der Waals surface area contributed by atoms with Crippen LogP contribution in [0.15, 0.2) is 6.33 Å². The van der Waals surface area contributed by atoms with Gasteiger partial charge in [-0.25, -0.2) is 9.67 Å². The van der Waals surface area contributed by atoms with Crippen molar-refractivity contribution in [3.8, 4) is 0 Å². The van der Waals surface area contributed by atoms with Gasteiger partial charge in [-0.3, -0.25) is 9.69 Å². The molecule has 6 heteroatoms. The normalized spacial score (nSPS) is 19.9. The lowest BCUT2D eigenvalue weighted by Crippen LogP contribution is -2.45. The summed E-state index contributed by atoms with van der Waals surface area (Å²) >= 11 is 0. The number of nitrogens with zero attached hydrogens (tertiary/aromatic N) is 4. The number of rotatable bonds is 6. The number of ether oxygens (including phenoxy) is 1. The first-order valence-electron chi connectivity index (χ1n) is 7.89. The predicted molar refractivity (Wildman–Crippen MR) is 79.5 cm³/mol. The minimum absolute atomic E-state index is 0.105. The number of piperidine rings is 1. The molecule has 1 aromatic rings. The van der Waals surface area contributed by atoms with Gasteiger partial charge in [0, 0.05) is 6.54 Å². The largest absolute Gasteiger partial charge is 0.465 e. The van der Waals surface area contributed by atoms with Gasteiger partial charge < -0.3 is 4.74 Å². The maximum atomic E-state index is 12.1. The van der Waals surface area contributed by atoms with E-state index in [2.05, 4.69) is 28.8 Å². The van der Waals surface area contributed by atoms with Gasteiger partial charge in [0.1, 0.15) is 18.2 Å². The molecule has 0 spiro atoms. The lowest BCUT2D eigenvalue weighted by atomic mass is 10.0. The topological polar surface area (TPSA) is 60.2 Å². The van der Waals surface area contributed by atoms with Gasteiger partial charge in [0.2, 0.25) is 0 Å². The number of aromatic nitrogens is 3. The van der Waals surface area contributed by atoms with Crippen LogP contribution in [0.2, 0.25) is 0 Å². The third kappa shape index (κ3) is 4.27. The van der Waals surface area contributed by atoms with E-state index < -0.39 is 0 Å². The molecular weight excluding hydrogens is 268 g/mol. The molecule has 0 bridgehead atoms. The Kier molecular flexibility index (Phi) is 5.73. The molecule has 0 aromatic carbocycles. The van der Waals surface area contributed by atoms with Crippen LogP contribution in [0.4, 0.5) is 0 Å². The molecule has 6 nitrogen and oxygen atoms in total. The Labute approximate surface area is 126 Å². The van der Waals surface area contributed by atoms with Crippen LogP contribution in [0, 0.1) is 5.92 Å². The molecule has 0 amide bonds. The molecular formula is C15H26N4O2. The van der Waals surface area contributed by atoms with Crippen LogP contribution < -0.4 is 0 Å². The number of carbonyl (C=O) groups is 1. The van der Waals surface area contributed by atoms with Crippen molar-refractivity contribution in [3.05, 3.63) is 12.2 Å². The fraction of sp³-hybridized carbons (Fsp3) is 0.800. The number of hydrogen-bond donors (Lipinski definition) is 0. The first-order valence-corrected chi connectivity index (χ1v) is 7.89. The fourth-order valence-electron chi connectivity index (χ4n) is 2.78. The average Bonchev–Trinajstić information content (AvgIpc) is 2.86. The van der Waals surface area contributed by atoms with E-state index >= 15 is 0 Å². The molecule has 0 N–H and O–H groups in total. The van der Waals surface area contributed by atoms with Gasteiger partial charge in [0.25, 0.3) is 0 Å². The molecule has 21 heavy (non-hydrogen) atoms. The minimum Gasteiger partial charge on any atom is -0.465 e. The Hall–Kier alpha value is -1.43. The van der Waals surface area contributed by atoms with Gasteiger partial charge in [-0.15, -0.1) is 0 Å². The zero-order chi connectivity index (χ0) is 15.2. The summed E-state index contributed by atoms with van der Waals surface area (Å²) in [6.45, 7) is 9.04. The van der Waals surface area contributed by atoms with Crippen molar-refractivity contribution >= 4 is 5.97 Å². The summed E-state index contributed by atoms with van der Waals surface area (Å²) in [4.78, 5) is 18.6. The third-order valence-electron chi connectivity index (χ3n) is 3.75. The molecule has 2 rings (SSSR count). The number of hydrogen-bond acceptors (Lipinski definition) is 5. The maximum absolute atomic E-state index is 12.1. The van der Waals surface area contributed by atoms with Crippen LogP contribution in [0.25, 0.3) is 0 Å². The number of carbonyl (C=O) groups excluding carboxylic acids is 1. The zero-order valence-electron chi connectivity index (χ0n) is 13.3. The molecule has 118 valence electrons. The van der Waals surface area contributed by atoms with Gasteiger partial charge in [-0.1, -0.05) is 20.3 Å². The summed E-state index contributed by atoms with van der Waals surface area (Å²) in [6.07, 6.45) is 4.67. The molecule has 1 aromatic heterocycles. The molecule has 1 aliphatic heterocycles. The van der Waals surface area contributed by atoms with Gasteiger partial charge in [-0.05, 0) is 32.2 Å². The summed E-state index contributed by atoms with van der Waals surface area (Å²) < 4.78 is 7.15. The lowest BCUT2D eigenvalue weighted by molar-refractivity contribution is -0.151. The molecule has 0 saturated carbocycles.